The van der Waals surface area contributed by atoms with E-state index in [9.17, 15) is 17.6 Å². The Hall–Kier alpha value is -3.58. The van der Waals surface area contributed by atoms with E-state index in [0.717, 1.165) is 0 Å². The SMILES string of the molecule is COC(=O)Cc1ccc(Nc2nc(N3CCN(c4ncc(Cl)cn4)CC3)nc3c2S(=O)(=O)CCC3)cc1F. The van der Waals surface area contributed by atoms with E-state index < -0.39 is 21.6 Å². The summed E-state index contributed by atoms with van der Waals surface area (Å²) in [5.74, 6) is -0.119. The molecule has 11 nitrogen and oxygen atoms in total. The zero-order valence-corrected chi connectivity index (χ0v) is 22.1. The highest BCUT2D eigenvalue weighted by molar-refractivity contribution is 7.91. The van der Waals surface area contributed by atoms with Crippen molar-refractivity contribution in [3.63, 3.8) is 0 Å². The smallest absolute Gasteiger partial charge is 0.310 e. The first-order valence-electron chi connectivity index (χ1n) is 12.0. The van der Waals surface area contributed by atoms with E-state index >= 15 is 0 Å². The fraction of sp³-hybridized carbons (Fsp3) is 0.375. The minimum atomic E-state index is -3.62. The Bertz CT molecular complexity index is 1470. The summed E-state index contributed by atoms with van der Waals surface area (Å²) in [6.45, 7) is 2.34. The van der Waals surface area contributed by atoms with Gasteiger partial charge in [-0.05, 0) is 30.5 Å². The number of hydrogen-bond donors (Lipinski definition) is 1. The lowest BCUT2D eigenvalue weighted by Gasteiger charge is -2.35. The minimum absolute atomic E-state index is 0.0103. The van der Waals surface area contributed by atoms with Crippen molar-refractivity contribution >= 4 is 50.8 Å². The fourth-order valence-corrected chi connectivity index (χ4v) is 6.17. The van der Waals surface area contributed by atoms with E-state index in [4.69, 9.17) is 11.6 Å². The number of nitrogens with one attached hydrogen (secondary N) is 1. The zero-order valence-electron chi connectivity index (χ0n) is 20.5. The van der Waals surface area contributed by atoms with Crippen LogP contribution in [0.1, 0.15) is 17.7 Å². The second-order valence-electron chi connectivity index (χ2n) is 8.93. The topological polar surface area (TPSA) is 131 Å². The van der Waals surface area contributed by atoms with Gasteiger partial charge in [-0.1, -0.05) is 17.7 Å². The van der Waals surface area contributed by atoms with Gasteiger partial charge in [-0.3, -0.25) is 4.79 Å². The van der Waals surface area contributed by atoms with Gasteiger partial charge in [-0.2, -0.15) is 4.98 Å². The molecule has 1 saturated heterocycles. The summed E-state index contributed by atoms with van der Waals surface area (Å²) in [6, 6.07) is 4.22. The molecule has 5 rings (SSSR count). The lowest BCUT2D eigenvalue weighted by molar-refractivity contribution is -0.139. The molecule has 0 amide bonds. The minimum Gasteiger partial charge on any atom is -0.469 e. The van der Waals surface area contributed by atoms with Crippen LogP contribution in [-0.2, 0) is 32.2 Å². The third-order valence-corrected chi connectivity index (χ3v) is 8.46. The standard InChI is InChI=1S/C24H25ClFN7O4S/c1-37-20(34)11-15-4-5-17(12-18(15)26)29-22-21-19(3-2-10-38(21,35)36)30-24(31-22)33-8-6-32(7-9-33)23-27-13-16(25)14-28-23/h4-5,12-14H,2-3,6-11H2,1H3,(H,29,30,31). The van der Waals surface area contributed by atoms with Crippen molar-refractivity contribution in [3.8, 4) is 0 Å². The maximum atomic E-state index is 14.7. The molecule has 38 heavy (non-hydrogen) atoms. The predicted octanol–water partition coefficient (Wildman–Crippen LogP) is 2.56. The van der Waals surface area contributed by atoms with Crippen LogP contribution in [0, 0.1) is 5.82 Å². The molecule has 0 aliphatic carbocycles. The number of anilines is 4. The van der Waals surface area contributed by atoms with E-state index in [1.54, 1.807) is 18.5 Å². The molecule has 0 unspecified atom stereocenters. The van der Waals surface area contributed by atoms with Crippen molar-refractivity contribution in [3.05, 3.63) is 52.7 Å². The Kier molecular flexibility index (Phi) is 7.30. The molecule has 2 aromatic heterocycles. The van der Waals surface area contributed by atoms with Crippen molar-refractivity contribution in [1.82, 2.24) is 19.9 Å². The fourth-order valence-electron chi connectivity index (χ4n) is 4.45. The number of rotatable bonds is 6. The van der Waals surface area contributed by atoms with Gasteiger partial charge in [0.05, 0.1) is 42.4 Å². The van der Waals surface area contributed by atoms with E-state index in [1.807, 2.05) is 9.80 Å². The largest absolute Gasteiger partial charge is 0.469 e. The van der Waals surface area contributed by atoms with Crippen LogP contribution >= 0.6 is 11.6 Å². The highest BCUT2D eigenvalue weighted by atomic mass is 35.5. The molecule has 200 valence electrons. The van der Waals surface area contributed by atoms with Crippen LogP contribution in [0.25, 0.3) is 0 Å². The molecule has 14 heteroatoms. The Morgan fingerprint density at radius 3 is 2.45 bits per heavy atom. The van der Waals surface area contributed by atoms with Crippen molar-refractivity contribution in [2.75, 3.05) is 54.2 Å². The average molecular weight is 562 g/mol. The number of sulfone groups is 1. The number of piperazine rings is 1. The molecule has 1 fully saturated rings. The summed E-state index contributed by atoms with van der Waals surface area (Å²) >= 11 is 5.89. The van der Waals surface area contributed by atoms with Gasteiger partial charge < -0.3 is 19.9 Å². The number of carbonyl (C=O) groups is 1. The molecular formula is C24H25ClFN7O4S. The number of carbonyl (C=O) groups excluding carboxylic acids is 1. The predicted molar refractivity (Wildman–Crippen MR) is 139 cm³/mol. The Labute approximate surface area is 224 Å². The van der Waals surface area contributed by atoms with Gasteiger partial charge in [0.2, 0.25) is 11.9 Å². The van der Waals surface area contributed by atoms with Crippen molar-refractivity contribution in [2.45, 2.75) is 24.2 Å². The lowest BCUT2D eigenvalue weighted by atomic mass is 10.1. The number of fused-ring (bicyclic) bond motifs is 1. The summed E-state index contributed by atoms with van der Waals surface area (Å²) in [7, 11) is -2.39. The number of aryl methyl sites for hydroxylation is 1. The molecule has 2 aliphatic rings. The van der Waals surface area contributed by atoms with Crippen LogP contribution in [0.5, 0.6) is 0 Å². The summed E-state index contributed by atoms with van der Waals surface area (Å²) in [5.41, 5.74) is 0.909. The highest BCUT2D eigenvalue weighted by Crippen LogP contribution is 2.33. The molecule has 1 aromatic carbocycles. The molecule has 1 N–H and O–H groups in total. The molecule has 0 radical (unpaired) electrons. The Morgan fingerprint density at radius 2 is 1.79 bits per heavy atom. The van der Waals surface area contributed by atoms with Gasteiger partial charge in [0.15, 0.2) is 15.7 Å². The monoisotopic (exact) mass is 561 g/mol. The van der Waals surface area contributed by atoms with Gasteiger partial charge in [0.25, 0.3) is 0 Å². The number of benzene rings is 1. The normalized spacial score (nSPS) is 16.6. The van der Waals surface area contributed by atoms with E-state index in [2.05, 4.69) is 30.0 Å². The maximum absolute atomic E-state index is 14.7. The van der Waals surface area contributed by atoms with Gasteiger partial charge in [-0.25, -0.2) is 27.8 Å². The maximum Gasteiger partial charge on any atom is 0.310 e. The van der Waals surface area contributed by atoms with Gasteiger partial charge in [-0.15, -0.1) is 0 Å². The number of esters is 1. The molecule has 3 aromatic rings. The molecule has 0 bridgehead atoms. The van der Waals surface area contributed by atoms with Gasteiger partial charge in [0.1, 0.15) is 10.7 Å². The van der Waals surface area contributed by atoms with Crippen molar-refractivity contribution < 1.29 is 22.3 Å². The third-order valence-electron chi connectivity index (χ3n) is 6.39. The van der Waals surface area contributed by atoms with Crippen molar-refractivity contribution in [1.29, 1.82) is 0 Å². The van der Waals surface area contributed by atoms with Crippen LogP contribution in [0.15, 0.2) is 35.5 Å². The van der Waals surface area contributed by atoms with E-state index in [0.29, 0.717) is 67.3 Å². The van der Waals surface area contributed by atoms with Crippen LogP contribution < -0.4 is 15.1 Å². The number of aromatic nitrogens is 4. The second kappa shape index (κ2) is 10.7. The van der Waals surface area contributed by atoms with E-state index in [1.165, 1.54) is 19.2 Å². The number of methoxy groups -OCH3 is 1. The van der Waals surface area contributed by atoms with Crippen LogP contribution in [0.4, 0.5) is 27.8 Å². The summed E-state index contributed by atoms with van der Waals surface area (Å²) < 4.78 is 45.2. The summed E-state index contributed by atoms with van der Waals surface area (Å²) in [4.78, 5) is 33.3. The number of hydrogen-bond acceptors (Lipinski definition) is 11. The Balaban J connectivity index is 1.42. The van der Waals surface area contributed by atoms with Crippen LogP contribution in [0.3, 0.4) is 0 Å². The first kappa shape index (κ1) is 26.0. The third kappa shape index (κ3) is 5.48. The average Bonchev–Trinajstić information content (AvgIpc) is 2.90. The van der Waals surface area contributed by atoms with E-state index in [-0.39, 0.29) is 28.5 Å². The number of halogens is 2. The molecule has 0 spiro atoms. The first-order valence-corrected chi connectivity index (χ1v) is 14.0. The molecule has 0 saturated carbocycles. The zero-order chi connectivity index (χ0) is 26.9. The Morgan fingerprint density at radius 1 is 1.11 bits per heavy atom. The van der Waals surface area contributed by atoms with Crippen LogP contribution in [-0.4, -0.2) is 73.4 Å². The second-order valence-corrected chi connectivity index (χ2v) is 11.4. The molecule has 2 aliphatic heterocycles. The molecule has 4 heterocycles. The molecule has 0 atom stereocenters. The van der Waals surface area contributed by atoms with Crippen molar-refractivity contribution in [2.24, 2.45) is 0 Å². The van der Waals surface area contributed by atoms with Gasteiger partial charge in [0, 0.05) is 31.9 Å². The number of ether oxygens (including phenoxy) is 1. The van der Waals surface area contributed by atoms with Gasteiger partial charge >= 0.3 is 5.97 Å². The quantitative estimate of drug-likeness (QED) is 0.445. The number of nitrogens with zero attached hydrogens (tertiary/aromatic N) is 6. The molecular weight excluding hydrogens is 537 g/mol. The lowest BCUT2D eigenvalue weighted by Crippen LogP contribution is -2.47. The highest BCUT2D eigenvalue weighted by Gasteiger charge is 2.32. The summed E-state index contributed by atoms with van der Waals surface area (Å²) in [5, 5.41) is 3.45. The van der Waals surface area contributed by atoms with Crippen LogP contribution in [0.2, 0.25) is 5.02 Å². The summed E-state index contributed by atoms with van der Waals surface area (Å²) in [6.07, 6.45) is 3.84. The first-order chi connectivity index (χ1) is 18.2.